The van der Waals surface area contributed by atoms with Crippen LogP contribution in [0.25, 0.3) is 51.1 Å². The first-order valence-electron chi connectivity index (χ1n) is 30.1. The quantitative estimate of drug-likeness (QED) is 0.0834. The van der Waals surface area contributed by atoms with Crippen LogP contribution in [-0.2, 0) is 63.2 Å². The summed E-state index contributed by atoms with van der Waals surface area (Å²) < 4.78 is 17.8. The number of halogens is 1. The Bertz CT molecular complexity index is 4040. The second-order valence-electron chi connectivity index (χ2n) is 22.7. The number of aromatic nitrogens is 3. The average Bonchev–Trinajstić information content (AvgIpc) is 1.71. The van der Waals surface area contributed by atoms with E-state index in [2.05, 4.69) is 42.3 Å². The summed E-state index contributed by atoms with van der Waals surface area (Å²) in [6.45, 7) is 16.6. The predicted molar refractivity (Wildman–Crippen MR) is 372 cm³/mol. The molecule has 0 fully saturated rings. The minimum atomic E-state index is -0.127. The summed E-state index contributed by atoms with van der Waals surface area (Å²) in [4.78, 5) is 83.2. The maximum absolute atomic E-state index is 12.6. The summed E-state index contributed by atoms with van der Waals surface area (Å²) in [5.41, 5.74) is 11.2. The van der Waals surface area contributed by atoms with Crippen LogP contribution in [0.15, 0.2) is 141 Å². The van der Waals surface area contributed by atoms with E-state index in [0.717, 1.165) is 137 Å². The zero-order valence-corrected chi connectivity index (χ0v) is 53.4. The maximum atomic E-state index is 12.6. The molecule has 0 saturated heterocycles. The highest BCUT2D eigenvalue weighted by atomic mass is 35.5. The zero-order chi connectivity index (χ0) is 63.4. The highest BCUT2D eigenvalue weighted by Gasteiger charge is 2.21. The molecule has 21 heteroatoms. The molecule has 9 aromatic rings. The fourth-order valence-electron chi connectivity index (χ4n) is 10.8. The number of amides is 5. The van der Waals surface area contributed by atoms with Crippen LogP contribution in [0.3, 0.4) is 0 Å². The third kappa shape index (κ3) is 17.5. The Morgan fingerprint density at radius 1 is 0.484 bits per heavy atom. The van der Waals surface area contributed by atoms with E-state index in [4.69, 9.17) is 13.3 Å². The van der Waals surface area contributed by atoms with Crippen LogP contribution >= 0.6 is 12.4 Å². The molecule has 0 bridgehead atoms. The second kappa shape index (κ2) is 32.3. The van der Waals surface area contributed by atoms with Crippen molar-refractivity contribution < 1.29 is 37.2 Å². The van der Waals surface area contributed by atoms with E-state index in [-0.39, 0.29) is 56.8 Å². The molecule has 0 radical (unpaired) electrons. The Morgan fingerprint density at radius 3 is 1.15 bits per heavy atom. The number of aryl methyl sites for hydroxylation is 3. The van der Waals surface area contributed by atoms with Gasteiger partial charge in [-0.1, -0.05) is 69.5 Å². The normalized spacial score (nSPS) is 13.3. The molecule has 0 spiro atoms. The van der Waals surface area contributed by atoms with E-state index in [1.54, 1.807) is 96.3 Å². The van der Waals surface area contributed by atoms with Crippen LogP contribution in [-0.4, -0.2) is 129 Å². The summed E-state index contributed by atoms with van der Waals surface area (Å²) >= 11 is 0. The molecule has 0 saturated carbocycles. The molecule has 9 heterocycles. The van der Waals surface area contributed by atoms with Crippen molar-refractivity contribution in [2.24, 2.45) is 0 Å². The third-order valence-corrected chi connectivity index (χ3v) is 16.2. The van der Waals surface area contributed by atoms with Gasteiger partial charge in [0.2, 0.25) is 29.5 Å². The molecular formula is C72H85ClN12O8. The zero-order valence-electron chi connectivity index (χ0n) is 52.6. The van der Waals surface area contributed by atoms with E-state index in [9.17, 15) is 24.0 Å². The van der Waals surface area contributed by atoms with E-state index in [1.165, 1.54) is 12.2 Å². The van der Waals surface area contributed by atoms with Gasteiger partial charge < -0.3 is 59.0 Å². The van der Waals surface area contributed by atoms with Gasteiger partial charge in [0, 0.05) is 180 Å². The lowest BCUT2D eigenvalue weighted by atomic mass is 10.1. The molecule has 0 unspecified atom stereocenters. The molecule has 0 atom stereocenters. The van der Waals surface area contributed by atoms with Crippen molar-refractivity contribution in [3.8, 4) is 0 Å². The van der Waals surface area contributed by atoms with Crippen LogP contribution in [0.4, 0.5) is 17.5 Å². The van der Waals surface area contributed by atoms with E-state index < -0.39 is 0 Å². The number of pyridine rings is 3. The van der Waals surface area contributed by atoms with Gasteiger partial charge in [0.25, 0.3) is 0 Å². The second-order valence-corrected chi connectivity index (χ2v) is 22.7. The number of fused-ring (bicyclic) bond motifs is 6. The largest absolute Gasteiger partial charge is 0.459 e. The number of rotatable bonds is 12. The lowest BCUT2D eigenvalue weighted by molar-refractivity contribution is -0.130. The Kier molecular flexibility index (Phi) is 24.5. The first-order chi connectivity index (χ1) is 43.5. The van der Waals surface area contributed by atoms with Crippen molar-refractivity contribution in [2.75, 3.05) is 76.4 Å². The van der Waals surface area contributed by atoms with E-state index in [0.29, 0.717) is 58.9 Å². The molecule has 5 amide bonds. The highest BCUT2D eigenvalue weighted by Crippen LogP contribution is 2.30. The Balaban J connectivity index is 0.000000195. The fourth-order valence-corrected chi connectivity index (χ4v) is 10.8. The van der Waals surface area contributed by atoms with Crippen molar-refractivity contribution in [3.05, 3.63) is 195 Å². The molecule has 93 heavy (non-hydrogen) atoms. The van der Waals surface area contributed by atoms with Crippen LogP contribution in [0, 0.1) is 20.8 Å². The minimum Gasteiger partial charge on any atom is -0.459 e. The number of hydrogen-bond donors (Lipinski definition) is 4. The molecule has 488 valence electrons. The van der Waals surface area contributed by atoms with Gasteiger partial charge in [-0.3, -0.25) is 24.0 Å². The lowest BCUT2D eigenvalue weighted by Gasteiger charge is -2.17. The average molecular weight is 1280 g/mol. The smallest absolute Gasteiger partial charge is 0.246 e. The summed E-state index contributed by atoms with van der Waals surface area (Å²) in [6.07, 6.45) is 15.2. The SMILES string of the molecule is C.C.CC(=O)N1CCNc2ncc(/C=C/C(=O)N(C)Cc3oc4ccccc4c3C)cc2C1.CC(=O)N1CCNc2ncc(/C=C/C(=O)N(C)Cc3oc4ccccc4c3C)cc2C1.Cc1c(CN(C)C(=O)/C=C/c2cnc3c(c2)CNCCN3)oc2ccccc12.Cl. The highest BCUT2D eigenvalue weighted by molar-refractivity contribution is 5.94. The Morgan fingerprint density at radius 2 is 0.806 bits per heavy atom. The van der Waals surface area contributed by atoms with Gasteiger partial charge in [0.15, 0.2) is 0 Å². The van der Waals surface area contributed by atoms with Crippen molar-refractivity contribution in [2.45, 2.75) is 88.7 Å². The standard InChI is InChI=1S/2C24H26N4O3.C22H24N4O2.2CH4.ClH/c2*1-16-20-6-4-5-7-21(20)31-22(16)15-27(3)23(30)9-8-18-12-19-14-28(17(2)29)11-10-25-24(19)26-13-18;1-15-18-5-3-4-6-19(18)28-20(15)14-26(2)21(27)8-7-16-11-17-13-23-9-10-24-22(17)25-12-16;;;/h2*4-9,12-13H,10-11,14-15H2,1-3H3,(H,25,26);3-8,11-12,23H,9-10,13-14H2,1-2H3,(H,24,25);2*1H4;1H/b2*9-8+;8-7+;;;. The van der Waals surface area contributed by atoms with Crippen LogP contribution in [0.1, 0.15) is 96.1 Å². The first kappa shape index (κ1) is 70.4. The molecule has 3 aromatic carbocycles. The van der Waals surface area contributed by atoms with E-state index in [1.807, 2.05) is 112 Å². The third-order valence-electron chi connectivity index (χ3n) is 16.2. The summed E-state index contributed by atoms with van der Waals surface area (Å²) in [5.74, 6) is 4.60. The van der Waals surface area contributed by atoms with Gasteiger partial charge >= 0.3 is 0 Å². The first-order valence-corrected chi connectivity index (χ1v) is 30.1. The molecule has 20 nitrogen and oxygen atoms in total. The number of carbonyl (C=O) groups is 5. The number of likely N-dealkylation sites (N-methyl/N-ethyl adjacent to an activating group) is 3. The Hall–Kier alpha value is -10.1. The summed E-state index contributed by atoms with van der Waals surface area (Å²) in [5, 5.41) is 16.4. The van der Waals surface area contributed by atoms with Gasteiger partial charge in [-0.2, -0.15) is 0 Å². The topological polar surface area (TPSA) is 228 Å². The van der Waals surface area contributed by atoms with Crippen LogP contribution in [0.5, 0.6) is 0 Å². The minimum absolute atomic E-state index is 0. The molecule has 3 aliphatic heterocycles. The number of furan rings is 3. The number of nitrogens with zero attached hydrogens (tertiary/aromatic N) is 8. The molecular weight excluding hydrogens is 1200 g/mol. The molecule has 6 aromatic heterocycles. The molecule has 4 N–H and O–H groups in total. The summed E-state index contributed by atoms with van der Waals surface area (Å²) in [7, 11) is 5.29. The van der Waals surface area contributed by atoms with Gasteiger partial charge in [-0.05, 0) is 92.1 Å². The van der Waals surface area contributed by atoms with Crippen LogP contribution < -0.4 is 21.3 Å². The monoisotopic (exact) mass is 1280 g/mol. The molecule has 12 rings (SSSR count). The van der Waals surface area contributed by atoms with E-state index >= 15 is 0 Å². The lowest BCUT2D eigenvalue weighted by Crippen LogP contribution is -2.30. The van der Waals surface area contributed by atoms with Crippen molar-refractivity contribution in [1.82, 2.24) is 44.8 Å². The number of nitrogens with one attached hydrogen (secondary N) is 4. The van der Waals surface area contributed by atoms with Gasteiger partial charge in [0.1, 0.15) is 51.5 Å². The Labute approximate surface area is 550 Å². The number of carbonyl (C=O) groups excluding carboxylic acids is 5. The van der Waals surface area contributed by atoms with Gasteiger partial charge in [0.05, 0.1) is 19.6 Å². The van der Waals surface area contributed by atoms with Crippen molar-refractivity contribution >= 4 is 111 Å². The number of anilines is 3. The van der Waals surface area contributed by atoms with Crippen LogP contribution in [0.2, 0.25) is 0 Å². The van der Waals surface area contributed by atoms with Gasteiger partial charge in [-0.15, -0.1) is 12.4 Å². The molecule has 0 aliphatic carbocycles. The number of benzene rings is 3. The molecule has 3 aliphatic rings. The van der Waals surface area contributed by atoms with Crippen molar-refractivity contribution in [1.29, 1.82) is 0 Å². The summed E-state index contributed by atoms with van der Waals surface area (Å²) in [6, 6.07) is 29.6. The van der Waals surface area contributed by atoms with Gasteiger partial charge in [-0.25, -0.2) is 15.0 Å². The van der Waals surface area contributed by atoms with Crippen molar-refractivity contribution in [3.63, 3.8) is 0 Å². The number of hydrogen-bond acceptors (Lipinski definition) is 15. The number of para-hydroxylation sites is 3. The fraction of sp³-hybridized carbons (Fsp3) is 0.306. The predicted octanol–water partition coefficient (Wildman–Crippen LogP) is 12.2. The maximum Gasteiger partial charge on any atom is 0.246 e.